The lowest BCUT2D eigenvalue weighted by Gasteiger charge is -2.17. The molecule has 0 fully saturated rings. The molecule has 0 amide bonds. The van der Waals surface area contributed by atoms with Gasteiger partial charge in [-0.05, 0) is 35.9 Å². The quantitative estimate of drug-likeness (QED) is 0.658. The lowest BCUT2D eigenvalue weighted by atomic mass is 10.0. The lowest BCUT2D eigenvalue weighted by Crippen LogP contribution is -2.29. The standard InChI is InChI=1S/C13H15ClN2S/c1-8-5-3-4-6-10(8)12(16-15)13-11(14)9(2)7-17-13/h3-7,12,16H,15H2,1-2H3. The van der Waals surface area contributed by atoms with Crippen LogP contribution in [0.25, 0.3) is 0 Å². The van der Waals surface area contributed by atoms with E-state index in [4.69, 9.17) is 17.4 Å². The highest BCUT2D eigenvalue weighted by atomic mass is 35.5. The van der Waals surface area contributed by atoms with Gasteiger partial charge in [-0.1, -0.05) is 35.9 Å². The van der Waals surface area contributed by atoms with E-state index >= 15 is 0 Å². The fourth-order valence-electron chi connectivity index (χ4n) is 1.86. The third kappa shape index (κ3) is 2.38. The average Bonchev–Trinajstić information content (AvgIpc) is 2.65. The summed E-state index contributed by atoms with van der Waals surface area (Å²) in [5.74, 6) is 5.68. The number of hydrazine groups is 1. The monoisotopic (exact) mass is 266 g/mol. The Morgan fingerprint density at radius 2 is 1.94 bits per heavy atom. The summed E-state index contributed by atoms with van der Waals surface area (Å²) >= 11 is 7.94. The zero-order valence-corrected chi connectivity index (χ0v) is 11.4. The highest BCUT2D eigenvalue weighted by Gasteiger charge is 2.19. The number of nitrogens with one attached hydrogen (secondary N) is 1. The summed E-state index contributed by atoms with van der Waals surface area (Å²) in [6.45, 7) is 4.09. The van der Waals surface area contributed by atoms with Gasteiger partial charge in [0.15, 0.2) is 0 Å². The van der Waals surface area contributed by atoms with Crippen molar-refractivity contribution in [2.24, 2.45) is 5.84 Å². The number of halogens is 1. The Hall–Kier alpha value is -0.870. The van der Waals surface area contributed by atoms with Gasteiger partial charge in [0.2, 0.25) is 0 Å². The second-order valence-electron chi connectivity index (χ2n) is 4.05. The molecule has 3 N–H and O–H groups in total. The zero-order chi connectivity index (χ0) is 12.4. The summed E-state index contributed by atoms with van der Waals surface area (Å²) in [6.07, 6.45) is 0. The molecule has 1 unspecified atom stereocenters. The topological polar surface area (TPSA) is 38.0 Å². The smallest absolute Gasteiger partial charge is 0.0820 e. The third-order valence-electron chi connectivity index (χ3n) is 2.85. The minimum Gasteiger partial charge on any atom is -0.271 e. The van der Waals surface area contributed by atoms with Crippen LogP contribution >= 0.6 is 22.9 Å². The predicted octanol–water partition coefficient (Wildman–Crippen LogP) is 3.57. The number of rotatable bonds is 3. The second kappa shape index (κ2) is 5.19. The molecule has 4 heteroatoms. The summed E-state index contributed by atoms with van der Waals surface area (Å²) in [5.41, 5.74) is 6.32. The van der Waals surface area contributed by atoms with Gasteiger partial charge in [0, 0.05) is 4.88 Å². The molecule has 1 atom stereocenters. The van der Waals surface area contributed by atoms with Crippen molar-refractivity contribution in [2.45, 2.75) is 19.9 Å². The molecule has 0 saturated carbocycles. The number of hydrogen-bond donors (Lipinski definition) is 2. The molecule has 0 spiro atoms. The minimum atomic E-state index is -0.0394. The van der Waals surface area contributed by atoms with Crippen molar-refractivity contribution in [1.82, 2.24) is 5.43 Å². The first-order valence-electron chi connectivity index (χ1n) is 5.40. The lowest BCUT2D eigenvalue weighted by molar-refractivity contribution is 0.643. The van der Waals surface area contributed by atoms with E-state index < -0.39 is 0 Å². The van der Waals surface area contributed by atoms with Gasteiger partial charge in [-0.25, -0.2) is 5.43 Å². The zero-order valence-electron chi connectivity index (χ0n) is 9.83. The van der Waals surface area contributed by atoms with E-state index in [9.17, 15) is 0 Å². The molecular weight excluding hydrogens is 252 g/mol. The van der Waals surface area contributed by atoms with Crippen LogP contribution in [0.5, 0.6) is 0 Å². The van der Waals surface area contributed by atoms with E-state index in [1.165, 1.54) is 11.1 Å². The summed E-state index contributed by atoms with van der Waals surface area (Å²) in [5, 5.41) is 2.86. The first kappa shape index (κ1) is 12.6. The minimum absolute atomic E-state index is 0.0394. The van der Waals surface area contributed by atoms with Crippen LogP contribution in [-0.2, 0) is 0 Å². The van der Waals surface area contributed by atoms with Gasteiger partial charge in [0.1, 0.15) is 0 Å². The Bertz CT molecular complexity index is 522. The maximum absolute atomic E-state index is 6.30. The van der Waals surface area contributed by atoms with Gasteiger partial charge in [0.25, 0.3) is 0 Å². The van der Waals surface area contributed by atoms with Gasteiger partial charge >= 0.3 is 0 Å². The molecule has 1 aromatic carbocycles. The normalized spacial score (nSPS) is 12.7. The molecule has 90 valence electrons. The number of benzene rings is 1. The highest BCUT2D eigenvalue weighted by molar-refractivity contribution is 7.10. The number of nitrogens with two attached hydrogens (primary N) is 1. The molecule has 2 rings (SSSR count). The van der Waals surface area contributed by atoms with Gasteiger partial charge < -0.3 is 0 Å². The van der Waals surface area contributed by atoms with Crippen molar-refractivity contribution in [3.63, 3.8) is 0 Å². The molecule has 17 heavy (non-hydrogen) atoms. The predicted molar refractivity (Wildman–Crippen MR) is 74.4 cm³/mol. The molecule has 0 bridgehead atoms. The number of hydrogen-bond acceptors (Lipinski definition) is 3. The van der Waals surface area contributed by atoms with Crippen LogP contribution in [0.15, 0.2) is 29.6 Å². The Morgan fingerprint density at radius 1 is 1.24 bits per heavy atom. The van der Waals surface area contributed by atoms with Crippen LogP contribution in [0.1, 0.15) is 27.6 Å². The van der Waals surface area contributed by atoms with Crippen molar-refractivity contribution in [1.29, 1.82) is 0 Å². The molecular formula is C13H15ClN2S. The summed E-state index contributed by atoms with van der Waals surface area (Å²) in [7, 11) is 0. The first-order chi connectivity index (χ1) is 8.15. The number of aryl methyl sites for hydroxylation is 2. The Morgan fingerprint density at radius 3 is 2.47 bits per heavy atom. The molecule has 0 aliphatic heterocycles. The SMILES string of the molecule is Cc1ccccc1C(NN)c1scc(C)c1Cl. The maximum atomic E-state index is 6.30. The van der Waals surface area contributed by atoms with Gasteiger partial charge in [-0.15, -0.1) is 11.3 Å². The number of thiophene rings is 1. The Labute approximate surface area is 110 Å². The first-order valence-corrected chi connectivity index (χ1v) is 6.66. The van der Waals surface area contributed by atoms with Crippen LogP contribution in [0.3, 0.4) is 0 Å². The highest BCUT2D eigenvalue weighted by Crippen LogP contribution is 2.36. The molecule has 0 saturated heterocycles. The van der Waals surface area contributed by atoms with Gasteiger partial charge in [-0.3, -0.25) is 5.84 Å². The summed E-state index contributed by atoms with van der Waals surface area (Å²) < 4.78 is 0. The van der Waals surface area contributed by atoms with Crippen LogP contribution in [0.2, 0.25) is 5.02 Å². The van der Waals surface area contributed by atoms with E-state index in [2.05, 4.69) is 29.9 Å². The molecule has 0 aliphatic rings. The summed E-state index contributed by atoms with van der Waals surface area (Å²) in [6, 6.07) is 8.15. The van der Waals surface area contributed by atoms with Crippen molar-refractivity contribution < 1.29 is 0 Å². The van der Waals surface area contributed by atoms with E-state index in [0.717, 1.165) is 15.5 Å². The van der Waals surface area contributed by atoms with Crippen LogP contribution in [-0.4, -0.2) is 0 Å². The fourth-order valence-corrected chi connectivity index (χ4v) is 3.24. The Balaban J connectivity index is 2.48. The van der Waals surface area contributed by atoms with Gasteiger partial charge in [-0.2, -0.15) is 0 Å². The van der Waals surface area contributed by atoms with Crippen molar-refractivity contribution in [3.8, 4) is 0 Å². The van der Waals surface area contributed by atoms with E-state index in [1.54, 1.807) is 11.3 Å². The van der Waals surface area contributed by atoms with Gasteiger partial charge in [0.05, 0.1) is 11.1 Å². The third-order valence-corrected chi connectivity index (χ3v) is 4.63. The molecule has 1 aromatic heterocycles. The van der Waals surface area contributed by atoms with Crippen LogP contribution in [0.4, 0.5) is 0 Å². The van der Waals surface area contributed by atoms with Crippen LogP contribution in [0, 0.1) is 13.8 Å². The Kier molecular flexibility index (Phi) is 3.84. The average molecular weight is 267 g/mol. The summed E-state index contributed by atoms with van der Waals surface area (Å²) in [4.78, 5) is 1.07. The van der Waals surface area contributed by atoms with Crippen molar-refractivity contribution in [3.05, 3.63) is 56.2 Å². The van der Waals surface area contributed by atoms with Crippen molar-refractivity contribution >= 4 is 22.9 Å². The molecule has 0 aliphatic carbocycles. The fraction of sp³-hybridized carbons (Fsp3) is 0.231. The van der Waals surface area contributed by atoms with E-state index in [1.807, 2.05) is 19.1 Å². The molecule has 2 nitrogen and oxygen atoms in total. The van der Waals surface area contributed by atoms with Crippen LogP contribution < -0.4 is 11.3 Å². The molecule has 0 radical (unpaired) electrons. The van der Waals surface area contributed by atoms with Crippen molar-refractivity contribution in [2.75, 3.05) is 0 Å². The molecule has 2 aromatic rings. The molecule has 1 heterocycles. The van der Waals surface area contributed by atoms with E-state index in [-0.39, 0.29) is 6.04 Å². The maximum Gasteiger partial charge on any atom is 0.0820 e. The van der Waals surface area contributed by atoms with E-state index in [0.29, 0.717) is 0 Å². The largest absolute Gasteiger partial charge is 0.271 e. The second-order valence-corrected chi connectivity index (χ2v) is 5.34.